The van der Waals surface area contributed by atoms with E-state index in [9.17, 15) is 22.8 Å². The molecule has 0 aliphatic rings. The Hall–Kier alpha value is -3.20. The fourth-order valence-electron chi connectivity index (χ4n) is 2.36. The molecule has 0 aromatic heterocycles. The van der Waals surface area contributed by atoms with Crippen LogP contribution in [0.25, 0.3) is 6.08 Å². The number of amides is 2. The van der Waals surface area contributed by atoms with Crippen molar-refractivity contribution in [3.05, 3.63) is 58.4 Å². The van der Waals surface area contributed by atoms with Gasteiger partial charge in [-0.15, -0.1) is 0 Å². The van der Waals surface area contributed by atoms with E-state index < -0.39 is 41.5 Å². The van der Waals surface area contributed by atoms with E-state index in [1.165, 1.54) is 13.2 Å². The lowest BCUT2D eigenvalue weighted by Gasteiger charge is -2.11. The van der Waals surface area contributed by atoms with Gasteiger partial charge in [0.15, 0.2) is 29.0 Å². The molecule has 0 atom stereocenters. The molecule has 0 unspecified atom stereocenters. The van der Waals surface area contributed by atoms with Crippen molar-refractivity contribution in [3.63, 3.8) is 0 Å². The lowest BCUT2D eigenvalue weighted by atomic mass is 10.2. The van der Waals surface area contributed by atoms with Crippen molar-refractivity contribution in [3.8, 4) is 11.5 Å². The van der Waals surface area contributed by atoms with Crippen LogP contribution in [-0.4, -0.2) is 32.1 Å². The highest BCUT2D eigenvalue weighted by Crippen LogP contribution is 2.36. The van der Waals surface area contributed by atoms with Gasteiger partial charge < -0.3 is 20.1 Å². The van der Waals surface area contributed by atoms with E-state index in [4.69, 9.17) is 21.1 Å². The minimum atomic E-state index is -1.70. The predicted molar refractivity (Wildman–Crippen MR) is 106 cm³/mol. The highest BCUT2D eigenvalue weighted by molar-refractivity contribution is 6.32. The van der Waals surface area contributed by atoms with E-state index in [1.54, 1.807) is 19.1 Å². The molecular formula is C20H18ClF3N2O4. The van der Waals surface area contributed by atoms with E-state index in [2.05, 4.69) is 5.32 Å². The van der Waals surface area contributed by atoms with Gasteiger partial charge in [0.1, 0.15) is 0 Å². The summed E-state index contributed by atoms with van der Waals surface area (Å²) in [5.41, 5.74) is 0.00716. The van der Waals surface area contributed by atoms with Crippen molar-refractivity contribution in [2.75, 3.05) is 25.6 Å². The number of hydrogen-bond donors (Lipinski definition) is 2. The number of carbonyl (C=O) groups is 2. The van der Waals surface area contributed by atoms with Crippen LogP contribution < -0.4 is 20.1 Å². The van der Waals surface area contributed by atoms with Crippen LogP contribution in [0.1, 0.15) is 12.5 Å². The van der Waals surface area contributed by atoms with Gasteiger partial charge in [-0.25, -0.2) is 13.2 Å². The molecule has 0 saturated heterocycles. The zero-order valence-corrected chi connectivity index (χ0v) is 16.8. The monoisotopic (exact) mass is 442 g/mol. The molecule has 0 spiro atoms. The summed E-state index contributed by atoms with van der Waals surface area (Å²) in [5, 5.41) is 4.61. The lowest BCUT2D eigenvalue weighted by molar-refractivity contribution is -0.121. The molecule has 0 radical (unpaired) electrons. The molecule has 0 heterocycles. The molecule has 2 amide bonds. The van der Waals surface area contributed by atoms with Crippen LogP contribution in [0, 0.1) is 17.5 Å². The first-order valence-electron chi connectivity index (χ1n) is 8.66. The molecule has 0 aliphatic heterocycles. The van der Waals surface area contributed by atoms with Crippen LogP contribution in [0.4, 0.5) is 18.9 Å². The quantitative estimate of drug-likeness (QED) is 0.479. The van der Waals surface area contributed by atoms with E-state index in [-0.39, 0.29) is 5.02 Å². The summed E-state index contributed by atoms with van der Waals surface area (Å²) in [5.74, 6) is -5.30. The molecule has 10 heteroatoms. The van der Waals surface area contributed by atoms with Crippen LogP contribution in [0.3, 0.4) is 0 Å². The Morgan fingerprint density at radius 2 is 1.90 bits per heavy atom. The highest BCUT2D eigenvalue weighted by atomic mass is 35.5. The summed E-state index contributed by atoms with van der Waals surface area (Å²) in [6.07, 6.45) is 2.59. The van der Waals surface area contributed by atoms with E-state index in [1.807, 2.05) is 5.32 Å². The van der Waals surface area contributed by atoms with Crippen LogP contribution >= 0.6 is 11.6 Å². The number of nitrogens with one attached hydrogen (secondary N) is 2. The average molecular weight is 443 g/mol. The molecule has 2 rings (SSSR count). The number of benzene rings is 2. The topological polar surface area (TPSA) is 76.7 Å². The minimum Gasteiger partial charge on any atom is -0.491 e. The SMILES string of the molecule is CCOc1cc(/C=C/C(=O)NCC(=O)Nc2ccc(F)c(F)c2F)cc(Cl)c1OC. The van der Waals surface area contributed by atoms with Crippen molar-refractivity contribution in [2.45, 2.75) is 6.92 Å². The second-order valence-corrected chi connectivity index (χ2v) is 6.20. The fourth-order valence-corrected chi connectivity index (χ4v) is 2.66. The molecule has 2 aromatic carbocycles. The van der Waals surface area contributed by atoms with Gasteiger partial charge in [-0.3, -0.25) is 9.59 Å². The molecule has 2 aromatic rings. The lowest BCUT2D eigenvalue weighted by Crippen LogP contribution is -2.32. The Morgan fingerprint density at radius 1 is 1.17 bits per heavy atom. The smallest absolute Gasteiger partial charge is 0.244 e. The third kappa shape index (κ3) is 5.90. The van der Waals surface area contributed by atoms with Crippen LogP contribution in [0.15, 0.2) is 30.3 Å². The van der Waals surface area contributed by atoms with Gasteiger partial charge in [-0.05, 0) is 42.8 Å². The number of methoxy groups -OCH3 is 1. The minimum absolute atomic E-state index is 0.288. The molecule has 30 heavy (non-hydrogen) atoms. The summed E-state index contributed by atoms with van der Waals surface area (Å²) < 4.78 is 50.2. The first kappa shape index (κ1) is 23.1. The Kier molecular flexibility index (Phi) is 8.11. The zero-order valence-electron chi connectivity index (χ0n) is 16.0. The van der Waals surface area contributed by atoms with Crippen molar-refractivity contribution >= 4 is 35.2 Å². The number of carbonyl (C=O) groups excluding carboxylic acids is 2. The Balaban J connectivity index is 1.97. The van der Waals surface area contributed by atoms with Gasteiger partial charge in [0.2, 0.25) is 11.8 Å². The number of halogens is 4. The van der Waals surface area contributed by atoms with Gasteiger partial charge in [-0.1, -0.05) is 11.6 Å². The number of ether oxygens (including phenoxy) is 2. The highest BCUT2D eigenvalue weighted by Gasteiger charge is 2.15. The Morgan fingerprint density at radius 3 is 2.57 bits per heavy atom. The summed E-state index contributed by atoms with van der Waals surface area (Å²) in [4.78, 5) is 23.7. The maximum absolute atomic E-state index is 13.5. The molecule has 0 saturated carbocycles. The Bertz CT molecular complexity index is 983. The average Bonchev–Trinajstić information content (AvgIpc) is 2.71. The molecule has 0 fully saturated rings. The maximum atomic E-state index is 13.5. The molecule has 160 valence electrons. The zero-order chi connectivity index (χ0) is 22.3. The molecule has 2 N–H and O–H groups in total. The third-order valence-corrected chi connectivity index (χ3v) is 3.98. The van der Waals surface area contributed by atoms with Crippen molar-refractivity contribution in [1.29, 1.82) is 0 Å². The summed E-state index contributed by atoms with van der Waals surface area (Å²) >= 11 is 6.13. The largest absolute Gasteiger partial charge is 0.491 e. The van der Waals surface area contributed by atoms with E-state index in [0.29, 0.717) is 29.7 Å². The van der Waals surface area contributed by atoms with Crippen molar-refractivity contribution < 1.29 is 32.2 Å². The number of hydrogen-bond acceptors (Lipinski definition) is 4. The van der Waals surface area contributed by atoms with Gasteiger partial charge >= 0.3 is 0 Å². The predicted octanol–water partition coefficient (Wildman–Crippen LogP) is 3.93. The number of anilines is 1. The van der Waals surface area contributed by atoms with Crippen LogP contribution in [0.5, 0.6) is 11.5 Å². The third-order valence-electron chi connectivity index (χ3n) is 3.70. The van der Waals surface area contributed by atoms with E-state index in [0.717, 1.165) is 12.1 Å². The molecule has 0 aliphatic carbocycles. The second-order valence-electron chi connectivity index (χ2n) is 5.79. The normalized spacial score (nSPS) is 10.7. The maximum Gasteiger partial charge on any atom is 0.244 e. The fraction of sp³-hybridized carbons (Fsp3) is 0.200. The summed E-state index contributed by atoms with van der Waals surface area (Å²) in [6.45, 7) is 1.66. The van der Waals surface area contributed by atoms with Crippen molar-refractivity contribution in [2.24, 2.45) is 0 Å². The first-order chi connectivity index (χ1) is 14.3. The molecule has 6 nitrogen and oxygen atoms in total. The molecule has 0 bridgehead atoms. The number of rotatable bonds is 8. The first-order valence-corrected chi connectivity index (χ1v) is 9.04. The van der Waals surface area contributed by atoms with Gasteiger partial charge in [0.05, 0.1) is 31.0 Å². The van der Waals surface area contributed by atoms with Crippen molar-refractivity contribution in [1.82, 2.24) is 5.32 Å². The summed E-state index contributed by atoms with van der Waals surface area (Å²) in [7, 11) is 1.45. The standard InChI is InChI=1S/C20H18ClF3N2O4/c1-3-30-15-9-11(8-12(21)20(15)29-2)4-7-16(27)25-10-17(28)26-14-6-5-13(22)18(23)19(14)24/h4-9H,3,10H2,1-2H3,(H,25,27)(H,26,28)/b7-4+. The van der Waals surface area contributed by atoms with Gasteiger partial charge in [0, 0.05) is 6.08 Å². The van der Waals surface area contributed by atoms with Crippen LogP contribution in [0.2, 0.25) is 5.02 Å². The van der Waals surface area contributed by atoms with Crippen LogP contribution in [-0.2, 0) is 9.59 Å². The van der Waals surface area contributed by atoms with Gasteiger partial charge in [-0.2, -0.15) is 0 Å². The van der Waals surface area contributed by atoms with E-state index >= 15 is 0 Å². The molecular weight excluding hydrogens is 425 g/mol. The van der Waals surface area contributed by atoms with Gasteiger partial charge in [0.25, 0.3) is 0 Å². The second kappa shape index (κ2) is 10.5. The Labute approximate surface area is 175 Å². The summed E-state index contributed by atoms with van der Waals surface area (Å²) in [6, 6.07) is 4.73.